The van der Waals surface area contributed by atoms with Gasteiger partial charge < -0.3 is 24.3 Å². The highest BCUT2D eigenvalue weighted by Crippen LogP contribution is 2.34. The number of nitrogens with one attached hydrogen (secondary N) is 1. The second-order valence-corrected chi connectivity index (χ2v) is 13.1. The van der Waals surface area contributed by atoms with Crippen LogP contribution in [-0.2, 0) is 17.7 Å². The molecule has 0 bridgehead atoms. The summed E-state index contributed by atoms with van der Waals surface area (Å²) in [5, 5.41) is 12.2. The highest BCUT2D eigenvalue weighted by atomic mass is 32.1. The Morgan fingerprint density at radius 2 is 1.91 bits per heavy atom. The number of hydrogen-bond acceptors (Lipinski definition) is 8. The average molecular weight is 616 g/mol. The Labute approximate surface area is 252 Å². The molecular weight excluding hydrogens is 580 g/mol. The molecule has 1 N–H and O–H groups in total. The van der Waals surface area contributed by atoms with Crippen molar-refractivity contribution in [1.82, 2.24) is 25.0 Å². The monoisotopic (exact) mass is 615 g/mol. The maximum atomic E-state index is 14.3. The number of likely N-dealkylation sites (tertiary alicyclic amines) is 1. The van der Waals surface area contributed by atoms with Crippen LogP contribution in [0.4, 0.5) is 13.6 Å². The summed E-state index contributed by atoms with van der Waals surface area (Å²) >= 11 is 1.12. The van der Waals surface area contributed by atoms with E-state index in [-0.39, 0.29) is 35.6 Å². The second-order valence-electron chi connectivity index (χ2n) is 12.0. The third kappa shape index (κ3) is 6.71. The summed E-state index contributed by atoms with van der Waals surface area (Å²) in [7, 11) is 0. The molecule has 2 aliphatic rings. The maximum absolute atomic E-state index is 14.3. The molecule has 1 spiro atoms. The predicted molar refractivity (Wildman–Crippen MR) is 156 cm³/mol. The van der Waals surface area contributed by atoms with Crippen molar-refractivity contribution in [3.05, 3.63) is 62.5 Å². The number of aromatic nitrogens is 3. The Morgan fingerprint density at radius 1 is 1.16 bits per heavy atom. The van der Waals surface area contributed by atoms with E-state index in [9.17, 15) is 23.2 Å². The Kier molecular flexibility index (Phi) is 8.55. The first-order valence-corrected chi connectivity index (χ1v) is 15.2. The molecule has 1 fully saturated rings. The van der Waals surface area contributed by atoms with Gasteiger partial charge in [0.1, 0.15) is 22.2 Å². The molecule has 0 atom stereocenters. The van der Waals surface area contributed by atoms with E-state index in [2.05, 4.69) is 15.5 Å². The van der Waals surface area contributed by atoms with Gasteiger partial charge in [-0.15, -0.1) is 10.2 Å². The molecular formula is C30H35F2N5O5S. The number of hydrogen-bond donors (Lipinski definition) is 1. The first-order valence-electron chi connectivity index (χ1n) is 14.4. The van der Waals surface area contributed by atoms with Crippen molar-refractivity contribution in [2.75, 3.05) is 19.7 Å². The molecule has 43 heavy (non-hydrogen) atoms. The van der Waals surface area contributed by atoms with Crippen molar-refractivity contribution in [2.45, 2.75) is 77.5 Å². The molecule has 1 aromatic carbocycles. The minimum absolute atomic E-state index is 0.0502. The molecule has 5 rings (SSSR count). The molecule has 0 saturated carbocycles. The van der Waals surface area contributed by atoms with Crippen LogP contribution in [0.25, 0.3) is 10.6 Å². The van der Waals surface area contributed by atoms with Crippen LogP contribution in [-0.4, -0.2) is 62.5 Å². The summed E-state index contributed by atoms with van der Waals surface area (Å²) < 4.78 is 40.8. The number of rotatable bonds is 7. The predicted octanol–water partition coefficient (Wildman–Crippen LogP) is 4.93. The molecule has 0 aliphatic carbocycles. The third-order valence-corrected chi connectivity index (χ3v) is 8.43. The second kappa shape index (κ2) is 12.0. The number of carbonyl (C=O) groups is 2. The van der Waals surface area contributed by atoms with E-state index in [1.165, 1.54) is 12.1 Å². The fourth-order valence-corrected chi connectivity index (χ4v) is 6.13. The molecule has 3 aromatic rings. The molecule has 10 nitrogen and oxygen atoms in total. The topological polar surface area (TPSA) is 116 Å². The van der Waals surface area contributed by atoms with Crippen molar-refractivity contribution in [1.29, 1.82) is 0 Å². The van der Waals surface area contributed by atoms with E-state index in [4.69, 9.17) is 9.47 Å². The Hall–Kier alpha value is -3.87. The van der Waals surface area contributed by atoms with Crippen LogP contribution in [0.2, 0.25) is 0 Å². The van der Waals surface area contributed by atoms with Gasteiger partial charge in [0.2, 0.25) is 5.43 Å². The van der Waals surface area contributed by atoms with Gasteiger partial charge in [-0.05, 0) is 51.7 Å². The number of unbranched alkanes of at least 4 members (excludes halogenated alkanes) is 1. The number of benzene rings is 1. The van der Waals surface area contributed by atoms with Crippen LogP contribution < -0.4 is 15.5 Å². The molecule has 2 aromatic heterocycles. The highest BCUT2D eigenvalue weighted by Gasteiger charge is 2.43. The van der Waals surface area contributed by atoms with Gasteiger partial charge in [0.05, 0.1) is 17.7 Å². The highest BCUT2D eigenvalue weighted by molar-refractivity contribution is 7.14. The van der Waals surface area contributed by atoms with Gasteiger partial charge >= 0.3 is 6.09 Å². The fraction of sp³-hybridized carbons (Fsp3) is 0.500. The molecule has 230 valence electrons. The molecule has 1 saturated heterocycles. The summed E-state index contributed by atoms with van der Waals surface area (Å²) in [5.41, 5.74) is -1.12. The van der Waals surface area contributed by atoms with E-state index in [1.807, 2.05) is 27.7 Å². The number of halogens is 2. The van der Waals surface area contributed by atoms with Gasteiger partial charge in [0, 0.05) is 38.3 Å². The van der Waals surface area contributed by atoms with E-state index in [0.717, 1.165) is 23.8 Å². The zero-order valence-corrected chi connectivity index (χ0v) is 25.5. The molecule has 0 unspecified atom stereocenters. The summed E-state index contributed by atoms with van der Waals surface area (Å²) in [6.45, 7) is 8.86. The van der Waals surface area contributed by atoms with Gasteiger partial charge in [0.15, 0.2) is 16.5 Å². The molecule has 13 heteroatoms. The van der Waals surface area contributed by atoms with Gasteiger partial charge in [-0.2, -0.15) is 0 Å². The lowest BCUT2D eigenvalue weighted by molar-refractivity contribution is 0.0127. The number of carbonyl (C=O) groups excluding carboxylic acids is 2. The Morgan fingerprint density at radius 3 is 2.58 bits per heavy atom. The standard InChI is InChI=1S/C30H35F2N5O5S/c1-5-6-13-41-25-23-26(39)33-30(9-11-36(12-10-30)28(40)42-29(2,3)4)17-37(23)16-20(24(25)38)27-35-34-22(43-27)14-18-7-8-19(31)15-21(18)32/h7-8,15-16H,5-6,9-14,17H2,1-4H3,(H,33,39). The normalized spacial score (nSPS) is 16.1. The van der Waals surface area contributed by atoms with Gasteiger partial charge in [-0.1, -0.05) is 30.7 Å². The average Bonchev–Trinajstić information content (AvgIpc) is 3.39. The zero-order chi connectivity index (χ0) is 30.9. The van der Waals surface area contributed by atoms with Crippen molar-refractivity contribution in [3.63, 3.8) is 0 Å². The third-order valence-electron chi connectivity index (χ3n) is 7.48. The zero-order valence-electron chi connectivity index (χ0n) is 24.7. The molecule has 4 heterocycles. The van der Waals surface area contributed by atoms with Crippen LogP contribution >= 0.6 is 11.3 Å². The summed E-state index contributed by atoms with van der Waals surface area (Å²) in [4.78, 5) is 41.5. The Bertz CT molecular complexity index is 1590. The van der Waals surface area contributed by atoms with Crippen molar-refractivity contribution < 1.29 is 27.8 Å². The van der Waals surface area contributed by atoms with Crippen molar-refractivity contribution in [3.8, 4) is 16.3 Å². The number of nitrogens with zero attached hydrogens (tertiary/aromatic N) is 4. The smallest absolute Gasteiger partial charge is 0.410 e. The number of piperidine rings is 1. The first-order chi connectivity index (χ1) is 20.4. The van der Waals surface area contributed by atoms with Gasteiger partial charge in [-0.3, -0.25) is 9.59 Å². The first kappa shape index (κ1) is 30.6. The van der Waals surface area contributed by atoms with Gasteiger partial charge in [0.25, 0.3) is 5.91 Å². The van der Waals surface area contributed by atoms with E-state index < -0.39 is 40.2 Å². The van der Waals surface area contributed by atoms with Crippen molar-refractivity contribution >= 4 is 23.3 Å². The van der Waals surface area contributed by atoms with E-state index >= 15 is 0 Å². The number of fused-ring (bicyclic) bond motifs is 1. The number of amides is 2. The van der Waals surface area contributed by atoms with Crippen LogP contribution in [0.3, 0.4) is 0 Å². The van der Waals surface area contributed by atoms with Crippen LogP contribution in [0.5, 0.6) is 5.75 Å². The van der Waals surface area contributed by atoms with E-state index in [0.29, 0.717) is 48.9 Å². The van der Waals surface area contributed by atoms with E-state index in [1.54, 1.807) is 15.7 Å². The summed E-state index contributed by atoms with van der Waals surface area (Å²) in [5.74, 6) is -1.83. The number of ether oxygens (including phenoxy) is 2. The Balaban J connectivity index is 1.45. The lowest BCUT2D eigenvalue weighted by Crippen LogP contribution is -2.61. The van der Waals surface area contributed by atoms with Crippen LogP contribution in [0, 0.1) is 11.6 Å². The quantitative estimate of drug-likeness (QED) is 0.375. The largest absolute Gasteiger partial charge is 0.487 e. The molecule has 0 radical (unpaired) electrons. The number of pyridine rings is 1. The van der Waals surface area contributed by atoms with Gasteiger partial charge in [-0.25, -0.2) is 13.6 Å². The summed E-state index contributed by atoms with van der Waals surface area (Å²) in [6.07, 6.45) is 3.82. The lowest BCUT2D eigenvalue weighted by atomic mass is 9.85. The van der Waals surface area contributed by atoms with Crippen LogP contribution in [0.1, 0.15) is 74.4 Å². The SMILES string of the molecule is CCCCOc1c2n(cc(-c3nnc(Cc4ccc(F)cc4F)s3)c1=O)CC1(CCN(C(=O)OC(C)(C)C)CC1)NC2=O. The fourth-order valence-electron chi connectivity index (χ4n) is 5.26. The molecule has 2 aliphatic heterocycles. The minimum atomic E-state index is -0.689. The van der Waals surface area contributed by atoms with Crippen LogP contribution in [0.15, 0.2) is 29.2 Å². The maximum Gasteiger partial charge on any atom is 0.410 e. The lowest BCUT2D eigenvalue weighted by Gasteiger charge is -2.45. The molecule has 2 amide bonds. The minimum Gasteiger partial charge on any atom is -0.487 e. The summed E-state index contributed by atoms with van der Waals surface area (Å²) in [6, 6.07) is 3.34. The van der Waals surface area contributed by atoms with Crippen molar-refractivity contribution in [2.24, 2.45) is 0 Å².